The maximum Gasteiger partial charge on any atom is 0.250 e. The second-order valence-electron chi connectivity index (χ2n) is 8.07. The van der Waals surface area contributed by atoms with Crippen molar-refractivity contribution in [3.8, 4) is 0 Å². The molecular formula is C22H30ClN5O2. The van der Waals surface area contributed by atoms with Gasteiger partial charge in [0.25, 0.3) is 5.91 Å². The molecule has 2 aliphatic heterocycles. The van der Waals surface area contributed by atoms with Crippen molar-refractivity contribution in [1.82, 2.24) is 24.9 Å². The lowest BCUT2D eigenvalue weighted by atomic mass is 9.86. The molecule has 8 heteroatoms. The van der Waals surface area contributed by atoms with Gasteiger partial charge in [-0.1, -0.05) is 29.8 Å². The Morgan fingerprint density at radius 1 is 1.03 bits per heavy atom. The normalized spacial score (nSPS) is 18.6. The largest absolute Gasteiger partial charge is 0.339 e. The van der Waals surface area contributed by atoms with E-state index in [1.807, 2.05) is 57.9 Å². The molecule has 1 aromatic carbocycles. The Bertz CT molecular complexity index is 839. The first-order valence-electron chi connectivity index (χ1n) is 10.4. The zero-order chi connectivity index (χ0) is 20.3. The number of piperidine rings is 1. The number of nitrogens with zero attached hydrogens (tertiary/aromatic N) is 4. The van der Waals surface area contributed by atoms with Crippen LogP contribution in [0.1, 0.15) is 24.0 Å². The van der Waals surface area contributed by atoms with Crippen molar-refractivity contribution in [2.24, 2.45) is 0 Å². The van der Waals surface area contributed by atoms with Crippen LogP contribution >= 0.6 is 12.4 Å². The number of hydrogen-bond acceptors (Lipinski definition) is 4. The van der Waals surface area contributed by atoms with E-state index in [0.717, 1.165) is 31.5 Å². The second kappa shape index (κ2) is 9.62. The predicted octanol–water partition coefficient (Wildman–Crippen LogP) is 1.61. The number of hydrogen-bond donors (Lipinski definition) is 1. The summed E-state index contributed by atoms with van der Waals surface area (Å²) in [6, 6.07) is 9.97. The molecule has 7 nitrogen and oxygen atoms in total. The highest BCUT2D eigenvalue weighted by Crippen LogP contribution is 2.30. The fraction of sp³-hybridized carbons (Fsp3) is 0.500. The molecule has 30 heavy (non-hydrogen) atoms. The number of nitrogens with one attached hydrogen (secondary N) is 1. The van der Waals surface area contributed by atoms with Crippen LogP contribution < -0.4 is 5.32 Å². The smallest absolute Gasteiger partial charge is 0.250 e. The lowest BCUT2D eigenvalue weighted by Crippen LogP contribution is -2.60. The highest BCUT2D eigenvalue weighted by Gasteiger charge is 2.45. The summed E-state index contributed by atoms with van der Waals surface area (Å²) in [6.07, 6.45) is 5.51. The summed E-state index contributed by atoms with van der Waals surface area (Å²) in [4.78, 5) is 30.0. The highest BCUT2D eigenvalue weighted by molar-refractivity contribution is 5.86. The molecule has 0 spiro atoms. The SMILES string of the molecule is Cc1ccc(CC(=O)N2CCN(C(=O)C3(n4cccn4)CCNCC3)CC2)cc1.Cl. The van der Waals surface area contributed by atoms with Crippen LogP contribution in [0.3, 0.4) is 0 Å². The number of rotatable bonds is 4. The van der Waals surface area contributed by atoms with Crippen LogP contribution in [0, 0.1) is 6.92 Å². The van der Waals surface area contributed by atoms with Gasteiger partial charge < -0.3 is 15.1 Å². The van der Waals surface area contributed by atoms with Crippen LogP contribution in [0.5, 0.6) is 0 Å². The molecule has 162 valence electrons. The van der Waals surface area contributed by atoms with Gasteiger partial charge in [-0.15, -0.1) is 12.4 Å². The molecule has 1 aromatic heterocycles. The quantitative estimate of drug-likeness (QED) is 0.798. The van der Waals surface area contributed by atoms with E-state index in [1.54, 1.807) is 6.20 Å². The fourth-order valence-corrected chi connectivity index (χ4v) is 4.35. The van der Waals surface area contributed by atoms with Gasteiger partial charge >= 0.3 is 0 Å². The summed E-state index contributed by atoms with van der Waals surface area (Å²) in [5.74, 6) is 0.262. The van der Waals surface area contributed by atoms with E-state index < -0.39 is 5.54 Å². The maximum atomic E-state index is 13.5. The molecule has 2 fully saturated rings. The lowest BCUT2D eigenvalue weighted by molar-refractivity contribution is -0.147. The summed E-state index contributed by atoms with van der Waals surface area (Å²) in [5.41, 5.74) is 1.62. The van der Waals surface area contributed by atoms with Gasteiger partial charge in [-0.2, -0.15) is 5.10 Å². The van der Waals surface area contributed by atoms with Gasteiger partial charge in [0.2, 0.25) is 5.91 Å². The minimum absolute atomic E-state index is 0. The van der Waals surface area contributed by atoms with Crippen LogP contribution in [0.2, 0.25) is 0 Å². The molecular weight excluding hydrogens is 402 g/mol. The second-order valence-corrected chi connectivity index (χ2v) is 8.07. The first-order chi connectivity index (χ1) is 14.1. The number of aryl methyl sites for hydroxylation is 1. The summed E-state index contributed by atoms with van der Waals surface area (Å²) in [6.45, 7) is 5.99. The van der Waals surface area contributed by atoms with Crippen LogP contribution in [0.25, 0.3) is 0 Å². The minimum atomic E-state index is -0.608. The van der Waals surface area contributed by atoms with Gasteiger partial charge in [-0.05, 0) is 44.5 Å². The number of benzene rings is 1. The molecule has 2 aromatic rings. The molecule has 2 saturated heterocycles. The van der Waals surface area contributed by atoms with Crippen LogP contribution in [0.15, 0.2) is 42.7 Å². The predicted molar refractivity (Wildman–Crippen MR) is 118 cm³/mol. The van der Waals surface area contributed by atoms with E-state index in [0.29, 0.717) is 32.6 Å². The van der Waals surface area contributed by atoms with E-state index in [1.165, 1.54) is 5.56 Å². The third-order valence-corrected chi connectivity index (χ3v) is 6.17. The van der Waals surface area contributed by atoms with Crippen LogP contribution in [0.4, 0.5) is 0 Å². The molecule has 3 heterocycles. The molecule has 0 atom stereocenters. The van der Waals surface area contributed by atoms with Gasteiger partial charge in [-0.25, -0.2) is 0 Å². The summed E-state index contributed by atoms with van der Waals surface area (Å²) in [5, 5.41) is 7.74. The van der Waals surface area contributed by atoms with Crippen molar-refractivity contribution in [1.29, 1.82) is 0 Å². The molecule has 0 saturated carbocycles. The Morgan fingerprint density at radius 2 is 1.67 bits per heavy atom. The summed E-state index contributed by atoms with van der Waals surface area (Å²) in [7, 11) is 0. The van der Waals surface area contributed by atoms with Gasteiger partial charge in [0.15, 0.2) is 0 Å². The highest BCUT2D eigenvalue weighted by atomic mass is 35.5. The van der Waals surface area contributed by atoms with Gasteiger partial charge in [0.1, 0.15) is 5.54 Å². The Hall–Kier alpha value is -2.38. The van der Waals surface area contributed by atoms with Crippen LogP contribution in [-0.4, -0.2) is 70.7 Å². The summed E-state index contributed by atoms with van der Waals surface area (Å²) < 4.78 is 1.84. The van der Waals surface area contributed by atoms with E-state index in [9.17, 15) is 9.59 Å². The summed E-state index contributed by atoms with van der Waals surface area (Å²) >= 11 is 0. The Kier molecular flexibility index (Phi) is 7.15. The Balaban J connectivity index is 0.00000256. The number of piperazine rings is 1. The average Bonchev–Trinajstić information content (AvgIpc) is 3.31. The van der Waals surface area contributed by atoms with Crippen molar-refractivity contribution in [2.75, 3.05) is 39.3 Å². The fourth-order valence-electron chi connectivity index (χ4n) is 4.35. The van der Waals surface area contributed by atoms with Crippen molar-refractivity contribution in [2.45, 2.75) is 31.7 Å². The number of halogens is 1. The average molecular weight is 432 g/mol. The monoisotopic (exact) mass is 431 g/mol. The topological polar surface area (TPSA) is 70.5 Å². The standard InChI is InChI=1S/C22H29N5O2.ClH/c1-18-3-5-19(6-4-18)17-20(28)25-13-15-26(16-14-25)21(29)22(7-10-23-11-8-22)27-12-2-9-24-27;/h2-6,9,12,23H,7-8,10-11,13-17H2,1H3;1H. The van der Waals surface area contributed by atoms with E-state index in [-0.39, 0.29) is 24.2 Å². The molecule has 0 bridgehead atoms. The van der Waals surface area contributed by atoms with Gasteiger partial charge in [-0.3, -0.25) is 14.3 Å². The zero-order valence-corrected chi connectivity index (χ0v) is 18.2. The van der Waals surface area contributed by atoms with Crippen molar-refractivity contribution >= 4 is 24.2 Å². The molecule has 1 N–H and O–H groups in total. The lowest BCUT2D eigenvalue weighted by Gasteiger charge is -2.43. The first kappa shape index (κ1) is 22.3. The number of carbonyl (C=O) groups excluding carboxylic acids is 2. The molecule has 0 aliphatic carbocycles. The van der Waals surface area contributed by atoms with Crippen LogP contribution in [-0.2, 0) is 21.5 Å². The zero-order valence-electron chi connectivity index (χ0n) is 17.4. The Labute approximate surface area is 183 Å². The molecule has 0 unspecified atom stereocenters. The van der Waals surface area contributed by atoms with Gasteiger partial charge in [0, 0.05) is 38.6 Å². The first-order valence-corrected chi connectivity index (χ1v) is 10.4. The maximum absolute atomic E-state index is 13.5. The van der Waals surface area contributed by atoms with Crippen molar-refractivity contribution < 1.29 is 9.59 Å². The molecule has 2 aliphatic rings. The van der Waals surface area contributed by atoms with E-state index >= 15 is 0 Å². The number of aromatic nitrogens is 2. The van der Waals surface area contributed by atoms with Crippen molar-refractivity contribution in [3.05, 3.63) is 53.9 Å². The molecule has 2 amide bonds. The third kappa shape index (κ3) is 4.52. The van der Waals surface area contributed by atoms with E-state index in [2.05, 4.69) is 10.4 Å². The minimum Gasteiger partial charge on any atom is -0.339 e. The molecule has 0 radical (unpaired) electrons. The molecule has 4 rings (SSSR count). The third-order valence-electron chi connectivity index (χ3n) is 6.17. The number of amides is 2. The van der Waals surface area contributed by atoms with E-state index in [4.69, 9.17) is 0 Å². The van der Waals surface area contributed by atoms with Crippen molar-refractivity contribution in [3.63, 3.8) is 0 Å². The number of carbonyl (C=O) groups is 2. The van der Waals surface area contributed by atoms with Gasteiger partial charge in [0.05, 0.1) is 6.42 Å². The Morgan fingerprint density at radius 3 is 2.27 bits per heavy atom.